The number of carbonyl (C=O) groups excluding carboxylic acids is 1. The Morgan fingerprint density at radius 2 is 1.35 bits per heavy atom. The molecular formula is C23H35NO2. The summed E-state index contributed by atoms with van der Waals surface area (Å²) in [5, 5.41) is 8.29. The van der Waals surface area contributed by atoms with Crippen molar-refractivity contribution in [1.29, 1.82) is 5.26 Å². The van der Waals surface area contributed by atoms with Crippen molar-refractivity contribution >= 4 is 5.97 Å². The zero-order valence-electron chi connectivity index (χ0n) is 16.4. The molecule has 0 aliphatic heterocycles. The molecule has 0 aliphatic rings. The molecule has 0 N–H and O–H groups in total. The Kier molecular flexibility index (Phi) is 19.3. The SMILES string of the molecule is CCCCCCCCCCCCC=CC=CC=CC=COC(=O)CC#N. The van der Waals surface area contributed by atoms with Crippen molar-refractivity contribution in [3.8, 4) is 6.07 Å². The van der Waals surface area contributed by atoms with Crippen molar-refractivity contribution in [1.82, 2.24) is 0 Å². The molecule has 26 heavy (non-hydrogen) atoms. The van der Waals surface area contributed by atoms with Crippen LogP contribution in [0.1, 0.15) is 84.0 Å². The van der Waals surface area contributed by atoms with Crippen LogP contribution in [0, 0.1) is 11.3 Å². The zero-order valence-corrected chi connectivity index (χ0v) is 16.4. The Labute approximate surface area is 160 Å². The predicted molar refractivity (Wildman–Crippen MR) is 109 cm³/mol. The first-order valence-electron chi connectivity index (χ1n) is 10.0. The van der Waals surface area contributed by atoms with E-state index in [1.165, 1.54) is 70.5 Å². The molecule has 0 spiro atoms. The number of allylic oxidation sites excluding steroid dienone is 7. The van der Waals surface area contributed by atoms with Crippen molar-refractivity contribution in [2.75, 3.05) is 0 Å². The summed E-state index contributed by atoms with van der Waals surface area (Å²) in [5.74, 6) is -0.539. The highest BCUT2D eigenvalue weighted by molar-refractivity contribution is 5.72. The van der Waals surface area contributed by atoms with Crippen LogP contribution in [0.25, 0.3) is 0 Å². The van der Waals surface area contributed by atoms with Crippen molar-refractivity contribution in [3.05, 3.63) is 48.8 Å². The van der Waals surface area contributed by atoms with Crippen molar-refractivity contribution in [3.63, 3.8) is 0 Å². The summed E-state index contributed by atoms with van der Waals surface area (Å²) in [5.41, 5.74) is 0. The van der Waals surface area contributed by atoms with Gasteiger partial charge in [-0.25, -0.2) is 0 Å². The minimum absolute atomic E-state index is 0.224. The molecule has 144 valence electrons. The van der Waals surface area contributed by atoms with E-state index in [1.54, 1.807) is 18.2 Å². The lowest BCUT2D eigenvalue weighted by atomic mass is 10.1. The molecule has 0 heterocycles. The molecular weight excluding hydrogens is 322 g/mol. The highest BCUT2D eigenvalue weighted by Crippen LogP contribution is 2.11. The molecule has 0 saturated heterocycles. The minimum Gasteiger partial charge on any atom is -0.434 e. The topological polar surface area (TPSA) is 50.1 Å². The first kappa shape index (κ1) is 23.9. The van der Waals surface area contributed by atoms with Crippen molar-refractivity contribution < 1.29 is 9.53 Å². The lowest BCUT2D eigenvalue weighted by Crippen LogP contribution is -1.96. The van der Waals surface area contributed by atoms with E-state index >= 15 is 0 Å². The van der Waals surface area contributed by atoms with E-state index in [9.17, 15) is 4.79 Å². The van der Waals surface area contributed by atoms with E-state index in [-0.39, 0.29) is 6.42 Å². The fourth-order valence-electron chi connectivity index (χ4n) is 2.45. The molecule has 0 atom stereocenters. The van der Waals surface area contributed by atoms with Gasteiger partial charge in [0.25, 0.3) is 0 Å². The van der Waals surface area contributed by atoms with Gasteiger partial charge in [-0.1, -0.05) is 101 Å². The second-order valence-electron chi connectivity index (χ2n) is 6.32. The predicted octanol–water partition coefficient (Wildman–Crippen LogP) is 6.94. The highest BCUT2D eigenvalue weighted by Gasteiger charge is 1.95. The molecule has 0 aromatic heterocycles. The molecule has 0 fully saturated rings. The second-order valence-corrected chi connectivity index (χ2v) is 6.32. The van der Waals surface area contributed by atoms with Gasteiger partial charge in [-0.15, -0.1) is 0 Å². The summed E-state index contributed by atoms with van der Waals surface area (Å²) in [6.45, 7) is 2.26. The lowest BCUT2D eigenvalue weighted by molar-refractivity contribution is -0.136. The normalized spacial score (nSPS) is 11.8. The first-order valence-corrected chi connectivity index (χ1v) is 10.0. The molecule has 0 radical (unpaired) electrons. The number of nitriles is 1. The van der Waals surface area contributed by atoms with Gasteiger partial charge in [0.2, 0.25) is 0 Å². The Morgan fingerprint density at radius 1 is 0.808 bits per heavy atom. The van der Waals surface area contributed by atoms with Gasteiger partial charge in [0.15, 0.2) is 0 Å². The Morgan fingerprint density at radius 3 is 1.96 bits per heavy atom. The van der Waals surface area contributed by atoms with Crippen LogP contribution in [0.3, 0.4) is 0 Å². The van der Waals surface area contributed by atoms with Gasteiger partial charge in [-0.3, -0.25) is 4.79 Å². The quantitative estimate of drug-likeness (QED) is 0.130. The van der Waals surface area contributed by atoms with Gasteiger partial charge >= 0.3 is 5.97 Å². The molecule has 0 amide bonds. The maximum atomic E-state index is 10.9. The molecule has 0 unspecified atom stereocenters. The second kappa shape index (κ2) is 21.0. The maximum absolute atomic E-state index is 10.9. The van der Waals surface area contributed by atoms with Gasteiger partial charge in [-0.05, 0) is 18.9 Å². The smallest absolute Gasteiger partial charge is 0.324 e. The summed E-state index contributed by atoms with van der Waals surface area (Å²) in [7, 11) is 0. The van der Waals surface area contributed by atoms with Crippen LogP contribution in [-0.2, 0) is 9.53 Å². The van der Waals surface area contributed by atoms with Gasteiger partial charge in [0.05, 0.1) is 12.3 Å². The molecule has 0 bridgehead atoms. The van der Waals surface area contributed by atoms with Crippen LogP contribution >= 0.6 is 0 Å². The monoisotopic (exact) mass is 357 g/mol. The van der Waals surface area contributed by atoms with Crippen LogP contribution in [0.2, 0.25) is 0 Å². The maximum Gasteiger partial charge on any atom is 0.324 e. The number of unbranched alkanes of at least 4 members (excludes halogenated alkanes) is 10. The Bertz CT molecular complexity index is 481. The number of hydrogen-bond acceptors (Lipinski definition) is 3. The largest absolute Gasteiger partial charge is 0.434 e. The molecule has 3 heteroatoms. The van der Waals surface area contributed by atoms with E-state index in [2.05, 4.69) is 23.8 Å². The summed E-state index contributed by atoms with van der Waals surface area (Å²) >= 11 is 0. The molecule has 0 aromatic carbocycles. The third kappa shape index (κ3) is 20.0. The average molecular weight is 358 g/mol. The van der Waals surface area contributed by atoms with E-state index < -0.39 is 5.97 Å². The molecule has 0 saturated carbocycles. The third-order valence-corrected chi connectivity index (χ3v) is 3.92. The first-order chi connectivity index (χ1) is 12.8. The van der Waals surface area contributed by atoms with Crippen LogP contribution < -0.4 is 0 Å². The zero-order chi connectivity index (χ0) is 19.1. The lowest BCUT2D eigenvalue weighted by Gasteiger charge is -2.01. The van der Waals surface area contributed by atoms with E-state index in [0.717, 1.165) is 6.42 Å². The van der Waals surface area contributed by atoms with Crippen LogP contribution in [0.5, 0.6) is 0 Å². The van der Waals surface area contributed by atoms with Crippen LogP contribution in [0.15, 0.2) is 48.8 Å². The number of ether oxygens (including phenoxy) is 1. The molecule has 0 rings (SSSR count). The number of rotatable bonds is 16. The van der Waals surface area contributed by atoms with Crippen LogP contribution in [-0.4, -0.2) is 5.97 Å². The van der Waals surface area contributed by atoms with Gasteiger partial charge in [-0.2, -0.15) is 5.26 Å². The fourth-order valence-corrected chi connectivity index (χ4v) is 2.45. The van der Waals surface area contributed by atoms with Gasteiger partial charge in [0, 0.05) is 0 Å². The third-order valence-electron chi connectivity index (χ3n) is 3.92. The minimum atomic E-state index is -0.539. The number of carbonyl (C=O) groups is 1. The van der Waals surface area contributed by atoms with Gasteiger partial charge in [0.1, 0.15) is 6.42 Å². The van der Waals surface area contributed by atoms with E-state index in [4.69, 9.17) is 5.26 Å². The number of hydrogen-bond donors (Lipinski definition) is 0. The Hall–Kier alpha value is -2.08. The molecule has 3 nitrogen and oxygen atoms in total. The summed E-state index contributed by atoms with van der Waals surface area (Å²) in [6, 6.07) is 1.73. The summed E-state index contributed by atoms with van der Waals surface area (Å²) in [6.07, 6.45) is 29.4. The van der Waals surface area contributed by atoms with E-state index in [0.29, 0.717) is 0 Å². The molecule has 0 aromatic rings. The Balaban J connectivity index is 3.43. The standard InChI is InChI=1S/C23H35NO2/c1-2-3-4-5-6-7-8-9-10-11-12-13-14-15-16-17-18-19-22-26-23(25)20-21-24/h13-19,22H,2-12,20H2,1H3. The highest BCUT2D eigenvalue weighted by atomic mass is 16.5. The number of nitrogens with zero attached hydrogens (tertiary/aromatic N) is 1. The summed E-state index contributed by atoms with van der Waals surface area (Å²) in [4.78, 5) is 10.9. The summed E-state index contributed by atoms with van der Waals surface area (Å²) < 4.78 is 4.68. The average Bonchev–Trinajstić information content (AvgIpc) is 2.64. The van der Waals surface area contributed by atoms with Crippen LogP contribution in [0.4, 0.5) is 0 Å². The van der Waals surface area contributed by atoms with Crippen molar-refractivity contribution in [2.24, 2.45) is 0 Å². The van der Waals surface area contributed by atoms with Gasteiger partial charge < -0.3 is 4.74 Å². The number of esters is 1. The van der Waals surface area contributed by atoms with E-state index in [1.807, 2.05) is 18.2 Å². The fraction of sp³-hybridized carbons (Fsp3) is 0.565. The molecule has 0 aliphatic carbocycles. The van der Waals surface area contributed by atoms with Crippen molar-refractivity contribution in [2.45, 2.75) is 84.0 Å².